The molecule has 2 saturated heterocycles. The third-order valence-corrected chi connectivity index (χ3v) is 5.43. The lowest BCUT2D eigenvalue weighted by Crippen LogP contribution is -2.47. The molecule has 0 bridgehead atoms. The minimum Gasteiger partial charge on any atom is -0.444 e. The topological polar surface area (TPSA) is 41.6 Å². The van der Waals surface area contributed by atoms with Gasteiger partial charge in [-0.3, -0.25) is 0 Å². The summed E-state index contributed by atoms with van der Waals surface area (Å²) < 4.78 is 5.52. The number of ether oxygens (including phenoxy) is 1. The summed E-state index contributed by atoms with van der Waals surface area (Å²) in [6.45, 7) is 14.5. The highest BCUT2D eigenvalue weighted by molar-refractivity contribution is 5.68. The second-order valence-electron chi connectivity index (χ2n) is 8.30. The SMILES string of the molecule is CC1CN(C(=O)OC(C)(C)C)CCC1C(C)C1CCNCC1. The van der Waals surface area contributed by atoms with Crippen molar-refractivity contribution in [1.29, 1.82) is 0 Å². The number of likely N-dealkylation sites (tertiary alicyclic amines) is 1. The highest BCUT2D eigenvalue weighted by Crippen LogP contribution is 2.37. The third kappa shape index (κ3) is 4.61. The molecule has 2 aliphatic rings. The number of nitrogens with zero attached hydrogens (tertiary/aromatic N) is 1. The molecule has 4 nitrogen and oxygen atoms in total. The standard InChI is InChI=1S/C18H34N2O2/c1-13-12-20(17(21)22-18(3,4)5)11-8-16(13)14(2)15-6-9-19-10-7-15/h13-16,19H,6-12H2,1-5H3. The Balaban J connectivity index is 1.88. The van der Waals surface area contributed by atoms with Crippen molar-refractivity contribution in [3.8, 4) is 0 Å². The van der Waals surface area contributed by atoms with Crippen molar-refractivity contribution in [3.63, 3.8) is 0 Å². The number of amides is 1. The zero-order valence-corrected chi connectivity index (χ0v) is 15.0. The first-order chi connectivity index (χ1) is 10.3. The largest absolute Gasteiger partial charge is 0.444 e. The normalized spacial score (nSPS) is 29.2. The predicted molar refractivity (Wildman–Crippen MR) is 89.8 cm³/mol. The van der Waals surface area contributed by atoms with E-state index in [0.717, 1.165) is 37.3 Å². The van der Waals surface area contributed by atoms with Crippen LogP contribution in [0.1, 0.15) is 53.9 Å². The van der Waals surface area contributed by atoms with Crippen LogP contribution in [0.3, 0.4) is 0 Å². The summed E-state index contributed by atoms with van der Waals surface area (Å²) >= 11 is 0. The molecule has 1 amide bonds. The molecule has 2 heterocycles. The Morgan fingerprint density at radius 2 is 1.86 bits per heavy atom. The fraction of sp³-hybridized carbons (Fsp3) is 0.944. The number of rotatable bonds is 2. The number of carbonyl (C=O) groups excluding carboxylic acids is 1. The lowest BCUT2D eigenvalue weighted by molar-refractivity contribution is 0.00341. The molecule has 0 radical (unpaired) electrons. The van der Waals surface area contributed by atoms with Crippen molar-refractivity contribution >= 4 is 6.09 Å². The Hall–Kier alpha value is -0.770. The van der Waals surface area contributed by atoms with Gasteiger partial charge in [0.15, 0.2) is 0 Å². The highest BCUT2D eigenvalue weighted by atomic mass is 16.6. The van der Waals surface area contributed by atoms with Gasteiger partial charge >= 0.3 is 6.09 Å². The molecule has 2 fully saturated rings. The molecule has 3 atom stereocenters. The van der Waals surface area contributed by atoms with E-state index in [0.29, 0.717) is 5.92 Å². The van der Waals surface area contributed by atoms with Gasteiger partial charge in [0.05, 0.1) is 0 Å². The van der Waals surface area contributed by atoms with Gasteiger partial charge in [0.25, 0.3) is 0 Å². The molecule has 22 heavy (non-hydrogen) atoms. The van der Waals surface area contributed by atoms with Gasteiger partial charge in [-0.2, -0.15) is 0 Å². The van der Waals surface area contributed by atoms with E-state index < -0.39 is 5.60 Å². The van der Waals surface area contributed by atoms with E-state index >= 15 is 0 Å². The van der Waals surface area contributed by atoms with Gasteiger partial charge in [0.2, 0.25) is 0 Å². The van der Waals surface area contributed by atoms with E-state index in [9.17, 15) is 4.79 Å². The van der Waals surface area contributed by atoms with Gasteiger partial charge in [-0.15, -0.1) is 0 Å². The maximum atomic E-state index is 12.2. The molecule has 128 valence electrons. The third-order valence-electron chi connectivity index (χ3n) is 5.43. The summed E-state index contributed by atoms with van der Waals surface area (Å²) in [6, 6.07) is 0. The Morgan fingerprint density at radius 1 is 1.23 bits per heavy atom. The van der Waals surface area contributed by atoms with E-state index in [-0.39, 0.29) is 6.09 Å². The molecule has 0 aliphatic carbocycles. The van der Waals surface area contributed by atoms with Crippen LogP contribution in [-0.4, -0.2) is 42.8 Å². The summed E-state index contributed by atoms with van der Waals surface area (Å²) in [5, 5.41) is 3.46. The van der Waals surface area contributed by atoms with Crippen molar-refractivity contribution in [3.05, 3.63) is 0 Å². The zero-order valence-electron chi connectivity index (χ0n) is 15.0. The average molecular weight is 310 g/mol. The van der Waals surface area contributed by atoms with E-state index in [1.807, 2.05) is 25.7 Å². The minimum atomic E-state index is -0.403. The van der Waals surface area contributed by atoms with Gasteiger partial charge in [0, 0.05) is 13.1 Å². The van der Waals surface area contributed by atoms with Crippen molar-refractivity contribution in [1.82, 2.24) is 10.2 Å². The summed E-state index contributed by atoms with van der Waals surface area (Å²) in [5.74, 6) is 2.91. The molecule has 2 aliphatic heterocycles. The van der Waals surface area contributed by atoms with Crippen LogP contribution in [0.2, 0.25) is 0 Å². The summed E-state index contributed by atoms with van der Waals surface area (Å²) in [5.41, 5.74) is -0.403. The van der Waals surface area contributed by atoms with Crippen LogP contribution in [0.5, 0.6) is 0 Å². The van der Waals surface area contributed by atoms with Crippen molar-refractivity contribution in [2.75, 3.05) is 26.2 Å². The molecular formula is C18H34N2O2. The highest BCUT2D eigenvalue weighted by Gasteiger charge is 2.36. The minimum absolute atomic E-state index is 0.146. The number of carbonyl (C=O) groups is 1. The van der Waals surface area contributed by atoms with Crippen LogP contribution in [0, 0.1) is 23.7 Å². The number of hydrogen-bond donors (Lipinski definition) is 1. The molecule has 0 saturated carbocycles. The van der Waals surface area contributed by atoms with Crippen molar-refractivity contribution < 1.29 is 9.53 Å². The van der Waals surface area contributed by atoms with Crippen LogP contribution in [0.25, 0.3) is 0 Å². The van der Waals surface area contributed by atoms with Crippen LogP contribution < -0.4 is 5.32 Å². The van der Waals surface area contributed by atoms with Crippen LogP contribution in [-0.2, 0) is 4.74 Å². The van der Waals surface area contributed by atoms with Gasteiger partial charge in [-0.25, -0.2) is 4.79 Å². The van der Waals surface area contributed by atoms with Crippen LogP contribution in [0.4, 0.5) is 4.79 Å². The second kappa shape index (κ2) is 7.20. The van der Waals surface area contributed by atoms with Gasteiger partial charge in [-0.1, -0.05) is 13.8 Å². The van der Waals surface area contributed by atoms with E-state index in [1.54, 1.807) is 0 Å². The lowest BCUT2D eigenvalue weighted by Gasteiger charge is -2.43. The van der Waals surface area contributed by atoms with E-state index in [2.05, 4.69) is 19.2 Å². The van der Waals surface area contributed by atoms with E-state index in [4.69, 9.17) is 4.74 Å². The van der Waals surface area contributed by atoms with Crippen LogP contribution in [0.15, 0.2) is 0 Å². The Labute approximate surface area is 136 Å². The summed E-state index contributed by atoms with van der Waals surface area (Å²) in [6.07, 6.45) is 3.58. The maximum Gasteiger partial charge on any atom is 0.410 e. The number of hydrogen-bond acceptors (Lipinski definition) is 3. The molecule has 2 rings (SSSR count). The molecule has 0 aromatic heterocycles. The first-order valence-electron chi connectivity index (χ1n) is 8.96. The molecule has 0 spiro atoms. The maximum absolute atomic E-state index is 12.2. The Bertz CT molecular complexity index is 372. The molecule has 3 unspecified atom stereocenters. The molecule has 1 N–H and O–H groups in total. The summed E-state index contributed by atoms with van der Waals surface area (Å²) in [7, 11) is 0. The lowest BCUT2D eigenvalue weighted by atomic mass is 9.70. The van der Waals surface area contributed by atoms with Crippen LogP contribution >= 0.6 is 0 Å². The van der Waals surface area contributed by atoms with Gasteiger partial charge in [0.1, 0.15) is 5.60 Å². The summed E-state index contributed by atoms with van der Waals surface area (Å²) in [4.78, 5) is 14.1. The predicted octanol–water partition coefficient (Wildman–Crippen LogP) is 3.52. The molecule has 0 aromatic carbocycles. The smallest absolute Gasteiger partial charge is 0.410 e. The van der Waals surface area contributed by atoms with Gasteiger partial charge < -0.3 is 15.0 Å². The molecular weight excluding hydrogens is 276 g/mol. The Kier molecular flexibility index (Phi) is 5.76. The van der Waals surface area contributed by atoms with Crippen molar-refractivity contribution in [2.45, 2.75) is 59.5 Å². The van der Waals surface area contributed by atoms with E-state index in [1.165, 1.54) is 25.9 Å². The average Bonchev–Trinajstić information content (AvgIpc) is 2.45. The zero-order chi connectivity index (χ0) is 16.3. The molecule has 0 aromatic rings. The fourth-order valence-electron chi connectivity index (χ4n) is 4.16. The first kappa shape index (κ1) is 17.6. The fourth-order valence-corrected chi connectivity index (χ4v) is 4.16. The monoisotopic (exact) mass is 310 g/mol. The molecule has 4 heteroatoms. The second-order valence-corrected chi connectivity index (χ2v) is 8.30. The Morgan fingerprint density at radius 3 is 2.41 bits per heavy atom. The number of piperidine rings is 2. The first-order valence-corrected chi connectivity index (χ1v) is 8.96. The van der Waals surface area contributed by atoms with Gasteiger partial charge in [-0.05, 0) is 76.8 Å². The van der Waals surface area contributed by atoms with Crippen molar-refractivity contribution in [2.24, 2.45) is 23.7 Å². The quantitative estimate of drug-likeness (QED) is 0.848. The number of nitrogens with one attached hydrogen (secondary N) is 1.